The first kappa shape index (κ1) is 18.5. The van der Waals surface area contributed by atoms with Gasteiger partial charge in [0.15, 0.2) is 0 Å². The molecule has 132 valence electrons. The Kier molecular flexibility index (Phi) is 7.58. The molecule has 0 amide bonds. The van der Waals surface area contributed by atoms with E-state index >= 15 is 0 Å². The fourth-order valence-corrected chi connectivity index (χ4v) is 4.44. The van der Waals surface area contributed by atoms with Crippen LogP contribution in [0.5, 0.6) is 0 Å². The monoisotopic (exact) mass is 322 g/mol. The minimum Gasteiger partial charge on any atom is -0.465 e. The molecular weight excluding hydrogens is 288 g/mol. The van der Waals surface area contributed by atoms with Gasteiger partial charge in [-0.05, 0) is 49.9 Å². The van der Waals surface area contributed by atoms with Crippen molar-refractivity contribution in [1.29, 1.82) is 0 Å². The Labute approximate surface area is 141 Å². The lowest BCUT2D eigenvalue weighted by molar-refractivity contribution is -0.154. The third-order valence-electron chi connectivity index (χ3n) is 5.94. The van der Waals surface area contributed by atoms with Crippen molar-refractivity contribution >= 4 is 11.8 Å². The SMILES string of the molecule is CCCC[C@H]1CC[C@H](C2CCC(C(=O)OCCC)C(=O)C2)CC1. The smallest absolute Gasteiger partial charge is 0.316 e. The molecule has 0 aromatic carbocycles. The minimum atomic E-state index is -0.473. The van der Waals surface area contributed by atoms with Crippen LogP contribution >= 0.6 is 0 Å². The number of rotatable bonds is 7. The molecule has 2 aliphatic rings. The molecule has 2 saturated carbocycles. The standard InChI is InChI=1S/C20H34O3/c1-3-5-6-15-7-9-16(10-8-15)17-11-12-18(19(21)14-17)20(22)23-13-4-2/h15-18H,3-14H2,1-2H3/t15-,16-,17?,18?. The summed E-state index contributed by atoms with van der Waals surface area (Å²) in [7, 11) is 0. The van der Waals surface area contributed by atoms with Gasteiger partial charge in [0.1, 0.15) is 11.7 Å². The van der Waals surface area contributed by atoms with Crippen LogP contribution in [0.15, 0.2) is 0 Å². The Balaban J connectivity index is 1.75. The van der Waals surface area contributed by atoms with E-state index in [1.165, 1.54) is 44.9 Å². The molecule has 0 N–H and O–H groups in total. The van der Waals surface area contributed by atoms with Gasteiger partial charge in [0.05, 0.1) is 6.61 Å². The van der Waals surface area contributed by atoms with E-state index < -0.39 is 5.92 Å². The highest BCUT2D eigenvalue weighted by molar-refractivity contribution is 5.99. The van der Waals surface area contributed by atoms with Crippen molar-refractivity contribution in [3.8, 4) is 0 Å². The fourth-order valence-electron chi connectivity index (χ4n) is 4.44. The normalized spacial score (nSPS) is 31.8. The summed E-state index contributed by atoms with van der Waals surface area (Å²) in [6, 6.07) is 0. The number of unbranched alkanes of at least 4 members (excludes halogenated alkanes) is 1. The van der Waals surface area contributed by atoms with Gasteiger partial charge >= 0.3 is 5.97 Å². The van der Waals surface area contributed by atoms with Crippen molar-refractivity contribution in [1.82, 2.24) is 0 Å². The van der Waals surface area contributed by atoms with E-state index in [0.29, 0.717) is 31.3 Å². The van der Waals surface area contributed by atoms with Crippen molar-refractivity contribution < 1.29 is 14.3 Å². The zero-order valence-corrected chi connectivity index (χ0v) is 15.0. The first-order valence-corrected chi connectivity index (χ1v) is 9.85. The van der Waals surface area contributed by atoms with Gasteiger partial charge in [0, 0.05) is 6.42 Å². The molecule has 2 unspecified atom stereocenters. The van der Waals surface area contributed by atoms with Crippen molar-refractivity contribution in [2.75, 3.05) is 6.61 Å². The summed E-state index contributed by atoms with van der Waals surface area (Å²) < 4.78 is 5.17. The van der Waals surface area contributed by atoms with E-state index in [4.69, 9.17) is 4.74 Å². The average molecular weight is 322 g/mol. The van der Waals surface area contributed by atoms with Crippen LogP contribution in [-0.2, 0) is 14.3 Å². The Morgan fingerprint density at radius 1 is 1.00 bits per heavy atom. The summed E-state index contributed by atoms with van der Waals surface area (Å²) in [4.78, 5) is 24.3. The van der Waals surface area contributed by atoms with E-state index in [0.717, 1.165) is 18.8 Å². The number of ketones is 1. The van der Waals surface area contributed by atoms with Crippen LogP contribution in [0.25, 0.3) is 0 Å². The van der Waals surface area contributed by atoms with Crippen LogP contribution < -0.4 is 0 Å². The molecule has 23 heavy (non-hydrogen) atoms. The molecule has 0 spiro atoms. The predicted molar refractivity (Wildman–Crippen MR) is 92.1 cm³/mol. The first-order valence-electron chi connectivity index (χ1n) is 9.85. The van der Waals surface area contributed by atoms with Crippen molar-refractivity contribution in [2.24, 2.45) is 23.7 Å². The molecule has 3 heteroatoms. The molecule has 2 fully saturated rings. The van der Waals surface area contributed by atoms with E-state index in [1.807, 2.05) is 6.92 Å². The number of carbonyl (C=O) groups is 2. The van der Waals surface area contributed by atoms with Crippen LogP contribution in [0.1, 0.15) is 84.5 Å². The molecule has 0 bridgehead atoms. The topological polar surface area (TPSA) is 43.4 Å². The Morgan fingerprint density at radius 2 is 1.70 bits per heavy atom. The predicted octanol–water partition coefficient (Wildman–Crippen LogP) is 4.92. The third kappa shape index (κ3) is 5.32. The van der Waals surface area contributed by atoms with Gasteiger partial charge in [-0.15, -0.1) is 0 Å². The lowest BCUT2D eigenvalue weighted by atomic mass is 9.68. The summed E-state index contributed by atoms with van der Waals surface area (Å²) >= 11 is 0. The molecule has 3 nitrogen and oxygen atoms in total. The Hall–Kier alpha value is -0.860. The summed E-state index contributed by atoms with van der Waals surface area (Å²) in [5, 5.41) is 0. The van der Waals surface area contributed by atoms with E-state index in [2.05, 4.69) is 6.92 Å². The zero-order chi connectivity index (χ0) is 16.7. The highest BCUT2D eigenvalue weighted by Crippen LogP contribution is 2.41. The van der Waals surface area contributed by atoms with Gasteiger partial charge in [0.2, 0.25) is 0 Å². The van der Waals surface area contributed by atoms with Crippen molar-refractivity contribution in [3.63, 3.8) is 0 Å². The Bertz CT molecular complexity index is 382. The average Bonchev–Trinajstić information content (AvgIpc) is 2.58. The molecule has 0 aliphatic heterocycles. The molecule has 0 saturated heterocycles. The second-order valence-corrected chi connectivity index (χ2v) is 7.65. The summed E-state index contributed by atoms with van der Waals surface area (Å²) in [6.07, 6.45) is 12.5. The van der Waals surface area contributed by atoms with E-state index in [-0.39, 0.29) is 11.8 Å². The molecule has 0 radical (unpaired) electrons. The first-order chi connectivity index (χ1) is 11.2. The highest BCUT2D eigenvalue weighted by Gasteiger charge is 2.38. The van der Waals surface area contributed by atoms with Gasteiger partial charge in [0.25, 0.3) is 0 Å². The van der Waals surface area contributed by atoms with Gasteiger partial charge in [-0.2, -0.15) is 0 Å². The van der Waals surface area contributed by atoms with Gasteiger partial charge < -0.3 is 4.74 Å². The minimum absolute atomic E-state index is 0.135. The number of esters is 1. The summed E-state index contributed by atoms with van der Waals surface area (Å²) in [6.45, 7) is 4.68. The van der Waals surface area contributed by atoms with E-state index in [9.17, 15) is 9.59 Å². The molecule has 2 rings (SSSR count). The lowest BCUT2D eigenvalue weighted by Gasteiger charge is -2.36. The Morgan fingerprint density at radius 3 is 2.30 bits per heavy atom. The van der Waals surface area contributed by atoms with Crippen molar-refractivity contribution in [3.05, 3.63) is 0 Å². The third-order valence-corrected chi connectivity index (χ3v) is 5.94. The second kappa shape index (κ2) is 9.44. The van der Waals surface area contributed by atoms with Crippen LogP contribution in [0.2, 0.25) is 0 Å². The summed E-state index contributed by atoms with van der Waals surface area (Å²) in [5.41, 5.74) is 0. The molecule has 0 heterocycles. The maximum Gasteiger partial charge on any atom is 0.316 e. The van der Waals surface area contributed by atoms with Crippen LogP contribution in [-0.4, -0.2) is 18.4 Å². The fraction of sp³-hybridized carbons (Fsp3) is 0.900. The van der Waals surface area contributed by atoms with Crippen LogP contribution in [0.4, 0.5) is 0 Å². The van der Waals surface area contributed by atoms with Gasteiger partial charge in [-0.1, -0.05) is 46.0 Å². The maximum absolute atomic E-state index is 12.4. The molecule has 0 aromatic rings. The number of hydrogen-bond acceptors (Lipinski definition) is 3. The summed E-state index contributed by atoms with van der Waals surface area (Å²) in [5.74, 6) is 1.53. The number of Topliss-reactive ketones (excluding diaryl/α,β-unsaturated/α-hetero) is 1. The number of carbonyl (C=O) groups excluding carboxylic acids is 2. The lowest BCUT2D eigenvalue weighted by Crippen LogP contribution is -2.35. The van der Waals surface area contributed by atoms with Gasteiger partial charge in [-0.25, -0.2) is 0 Å². The maximum atomic E-state index is 12.4. The molecule has 0 aromatic heterocycles. The quantitative estimate of drug-likeness (QED) is 0.493. The van der Waals surface area contributed by atoms with E-state index in [1.54, 1.807) is 0 Å². The van der Waals surface area contributed by atoms with Crippen LogP contribution in [0.3, 0.4) is 0 Å². The molecule has 2 aliphatic carbocycles. The highest BCUT2D eigenvalue weighted by atomic mass is 16.5. The zero-order valence-electron chi connectivity index (χ0n) is 15.0. The molecular formula is C20H34O3. The second-order valence-electron chi connectivity index (χ2n) is 7.65. The largest absolute Gasteiger partial charge is 0.465 e. The van der Waals surface area contributed by atoms with Gasteiger partial charge in [-0.3, -0.25) is 9.59 Å². The molecule has 2 atom stereocenters. The number of hydrogen-bond donors (Lipinski definition) is 0. The van der Waals surface area contributed by atoms with Crippen LogP contribution in [0, 0.1) is 23.7 Å². The van der Waals surface area contributed by atoms with Crippen molar-refractivity contribution in [2.45, 2.75) is 84.5 Å². The number of ether oxygens (including phenoxy) is 1.